The van der Waals surface area contributed by atoms with E-state index in [9.17, 15) is 14.4 Å². The van der Waals surface area contributed by atoms with E-state index in [0.717, 1.165) is 10.5 Å². The molecule has 0 aromatic carbocycles. The quantitative estimate of drug-likeness (QED) is 0.582. The van der Waals surface area contributed by atoms with Gasteiger partial charge in [0.25, 0.3) is 0 Å². The molecule has 2 aliphatic rings. The first-order chi connectivity index (χ1) is 8.00. The van der Waals surface area contributed by atoms with Crippen LogP contribution >= 0.6 is 0 Å². The third kappa shape index (κ3) is 2.09. The molecule has 0 aromatic heterocycles. The number of fused-ring (bicyclic) bond motifs is 1. The van der Waals surface area contributed by atoms with Crippen molar-refractivity contribution in [2.45, 2.75) is 26.2 Å². The highest BCUT2D eigenvalue weighted by atomic mass is 16.4. The molecular weight excluding hydrogens is 222 g/mol. The smallest absolute Gasteiger partial charge is 0.305 e. The number of imide groups is 1. The Morgan fingerprint density at radius 3 is 2.71 bits per heavy atom. The van der Waals surface area contributed by atoms with Gasteiger partial charge in [-0.15, -0.1) is 0 Å². The summed E-state index contributed by atoms with van der Waals surface area (Å²) in [5.41, 5.74) is 1.13. The lowest BCUT2D eigenvalue weighted by Gasteiger charge is -2.19. The second-order valence-electron chi connectivity index (χ2n) is 4.68. The van der Waals surface area contributed by atoms with Crippen molar-refractivity contribution in [2.24, 2.45) is 11.8 Å². The summed E-state index contributed by atoms with van der Waals surface area (Å²) < 4.78 is 0. The molecule has 17 heavy (non-hydrogen) atoms. The number of allylic oxidation sites excluding steroid dienone is 2. The molecule has 1 N–H and O–H groups in total. The Labute approximate surface area is 99.1 Å². The molecule has 1 fully saturated rings. The Morgan fingerprint density at radius 2 is 2.06 bits per heavy atom. The average molecular weight is 237 g/mol. The van der Waals surface area contributed by atoms with Gasteiger partial charge < -0.3 is 5.11 Å². The summed E-state index contributed by atoms with van der Waals surface area (Å²) in [5, 5.41) is 8.59. The van der Waals surface area contributed by atoms with Crippen molar-refractivity contribution in [2.75, 3.05) is 6.54 Å². The molecule has 0 aromatic rings. The van der Waals surface area contributed by atoms with Crippen LogP contribution in [0.15, 0.2) is 11.6 Å². The molecule has 1 aliphatic heterocycles. The minimum absolute atomic E-state index is 0.000945. The third-order valence-corrected chi connectivity index (χ3v) is 3.46. The number of nitrogens with zero attached hydrogens (tertiary/aromatic N) is 1. The fourth-order valence-corrected chi connectivity index (χ4v) is 2.53. The lowest BCUT2D eigenvalue weighted by atomic mass is 9.82. The van der Waals surface area contributed by atoms with Crippen LogP contribution in [0.5, 0.6) is 0 Å². The zero-order chi connectivity index (χ0) is 12.6. The number of aliphatic carboxylic acids is 1. The predicted molar refractivity (Wildman–Crippen MR) is 58.9 cm³/mol. The highest BCUT2D eigenvalue weighted by Crippen LogP contribution is 2.37. The second-order valence-corrected chi connectivity index (χ2v) is 4.68. The van der Waals surface area contributed by atoms with Crippen LogP contribution in [0.1, 0.15) is 26.2 Å². The Kier molecular flexibility index (Phi) is 3.00. The molecule has 1 aliphatic carbocycles. The Morgan fingerprint density at radius 1 is 1.41 bits per heavy atom. The third-order valence-electron chi connectivity index (χ3n) is 3.46. The molecule has 5 heteroatoms. The number of hydrogen-bond acceptors (Lipinski definition) is 3. The predicted octanol–water partition coefficient (Wildman–Crippen LogP) is 0.802. The van der Waals surface area contributed by atoms with E-state index in [4.69, 9.17) is 5.11 Å². The van der Waals surface area contributed by atoms with Crippen LogP contribution in [0.2, 0.25) is 0 Å². The fraction of sp³-hybridized carbons (Fsp3) is 0.583. The summed E-state index contributed by atoms with van der Waals surface area (Å²) in [6.45, 7) is 1.95. The molecule has 1 heterocycles. The van der Waals surface area contributed by atoms with E-state index in [1.807, 2.05) is 13.0 Å². The van der Waals surface area contributed by atoms with Crippen LogP contribution in [0.3, 0.4) is 0 Å². The number of carboxylic acid groups (broad SMARTS) is 1. The Bertz CT molecular complexity index is 413. The van der Waals surface area contributed by atoms with Crippen LogP contribution in [0, 0.1) is 11.8 Å². The molecular formula is C12H15NO4. The van der Waals surface area contributed by atoms with Gasteiger partial charge in [0.05, 0.1) is 18.3 Å². The van der Waals surface area contributed by atoms with Gasteiger partial charge in [0, 0.05) is 6.54 Å². The second kappa shape index (κ2) is 4.31. The Balaban J connectivity index is 2.11. The van der Waals surface area contributed by atoms with E-state index in [1.54, 1.807) is 0 Å². The van der Waals surface area contributed by atoms with E-state index in [-0.39, 0.29) is 36.6 Å². The number of amides is 2. The van der Waals surface area contributed by atoms with E-state index in [1.165, 1.54) is 0 Å². The highest BCUT2D eigenvalue weighted by molar-refractivity contribution is 6.05. The van der Waals surface area contributed by atoms with Crippen molar-refractivity contribution < 1.29 is 19.5 Å². The van der Waals surface area contributed by atoms with Crippen molar-refractivity contribution >= 4 is 17.8 Å². The lowest BCUT2D eigenvalue weighted by Crippen LogP contribution is -2.33. The van der Waals surface area contributed by atoms with Crippen LogP contribution in [-0.2, 0) is 14.4 Å². The number of carbonyl (C=O) groups is 3. The SMILES string of the molecule is CC1=CC[C@@H]2C(=O)N(CCC(=O)O)C(=O)[C@@H]2C1. The van der Waals surface area contributed by atoms with Crippen molar-refractivity contribution in [3.63, 3.8) is 0 Å². The van der Waals surface area contributed by atoms with E-state index < -0.39 is 5.97 Å². The standard InChI is InChI=1S/C12H15NO4/c1-7-2-3-8-9(6-7)12(17)13(11(8)16)5-4-10(14)15/h2,8-9H,3-6H2,1H3,(H,14,15)/t8-,9+/m0/s1. The molecule has 2 amide bonds. The van der Waals surface area contributed by atoms with E-state index >= 15 is 0 Å². The van der Waals surface area contributed by atoms with Gasteiger partial charge in [0.1, 0.15) is 0 Å². The number of hydrogen-bond donors (Lipinski definition) is 1. The van der Waals surface area contributed by atoms with Gasteiger partial charge in [-0.25, -0.2) is 0 Å². The number of carboxylic acids is 1. The molecule has 1 saturated heterocycles. The van der Waals surface area contributed by atoms with Gasteiger partial charge >= 0.3 is 5.97 Å². The summed E-state index contributed by atoms with van der Waals surface area (Å²) in [6.07, 6.45) is 3.04. The molecule has 2 rings (SSSR count). The van der Waals surface area contributed by atoms with Gasteiger partial charge in [-0.3, -0.25) is 19.3 Å². The van der Waals surface area contributed by atoms with Crippen LogP contribution in [0.4, 0.5) is 0 Å². The molecule has 0 unspecified atom stereocenters. The first-order valence-corrected chi connectivity index (χ1v) is 5.73. The maximum absolute atomic E-state index is 12.0. The van der Waals surface area contributed by atoms with Gasteiger partial charge in [-0.05, 0) is 19.8 Å². The van der Waals surface area contributed by atoms with Crippen molar-refractivity contribution in [3.8, 4) is 0 Å². The largest absolute Gasteiger partial charge is 0.481 e. The molecule has 5 nitrogen and oxygen atoms in total. The maximum atomic E-state index is 12.0. The van der Waals surface area contributed by atoms with Crippen molar-refractivity contribution in [1.82, 2.24) is 4.90 Å². The van der Waals surface area contributed by atoms with E-state index in [0.29, 0.717) is 12.8 Å². The monoisotopic (exact) mass is 237 g/mol. The summed E-state index contributed by atoms with van der Waals surface area (Å²) in [6, 6.07) is 0. The average Bonchev–Trinajstić information content (AvgIpc) is 2.49. The van der Waals surface area contributed by atoms with Crippen molar-refractivity contribution in [3.05, 3.63) is 11.6 Å². The highest BCUT2D eigenvalue weighted by Gasteiger charge is 2.47. The van der Waals surface area contributed by atoms with Gasteiger partial charge in [-0.1, -0.05) is 11.6 Å². The first-order valence-electron chi connectivity index (χ1n) is 5.73. The number of likely N-dealkylation sites (tertiary alicyclic amines) is 1. The minimum Gasteiger partial charge on any atom is -0.481 e. The topological polar surface area (TPSA) is 74.7 Å². The number of carbonyl (C=O) groups excluding carboxylic acids is 2. The molecule has 92 valence electrons. The maximum Gasteiger partial charge on any atom is 0.305 e. The van der Waals surface area contributed by atoms with Gasteiger partial charge in [0.2, 0.25) is 11.8 Å². The Hall–Kier alpha value is -1.65. The zero-order valence-corrected chi connectivity index (χ0v) is 9.68. The minimum atomic E-state index is -0.991. The van der Waals surface area contributed by atoms with Crippen LogP contribution in [-0.4, -0.2) is 34.3 Å². The summed E-state index contributed by atoms with van der Waals surface area (Å²) in [5.74, 6) is -1.92. The summed E-state index contributed by atoms with van der Waals surface area (Å²) in [4.78, 5) is 35.5. The van der Waals surface area contributed by atoms with Crippen LogP contribution < -0.4 is 0 Å². The fourth-order valence-electron chi connectivity index (χ4n) is 2.53. The molecule has 0 radical (unpaired) electrons. The summed E-state index contributed by atoms with van der Waals surface area (Å²) in [7, 11) is 0. The van der Waals surface area contributed by atoms with Gasteiger partial charge in [0.15, 0.2) is 0 Å². The van der Waals surface area contributed by atoms with Crippen LogP contribution in [0.25, 0.3) is 0 Å². The van der Waals surface area contributed by atoms with Gasteiger partial charge in [-0.2, -0.15) is 0 Å². The number of rotatable bonds is 3. The van der Waals surface area contributed by atoms with Crippen molar-refractivity contribution in [1.29, 1.82) is 0 Å². The molecule has 0 spiro atoms. The lowest BCUT2D eigenvalue weighted by molar-refractivity contribution is -0.142. The summed E-state index contributed by atoms with van der Waals surface area (Å²) >= 11 is 0. The van der Waals surface area contributed by atoms with E-state index in [2.05, 4.69) is 0 Å². The normalized spacial score (nSPS) is 28.1. The zero-order valence-electron chi connectivity index (χ0n) is 9.68. The first kappa shape index (κ1) is 11.8. The molecule has 2 atom stereocenters. The molecule has 0 bridgehead atoms. The molecule has 0 saturated carbocycles.